The van der Waals surface area contributed by atoms with E-state index in [0.717, 1.165) is 11.6 Å². The molecule has 0 unspecified atom stereocenters. The molecule has 1 aliphatic heterocycles. The van der Waals surface area contributed by atoms with Gasteiger partial charge < -0.3 is 19.8 Å². The van der Waals surface area contributed by atoms with E-state index in [0.29, 0.717) is 18.8 Å². The second-order valence-electron chi connectivity index (χ2n) is 6.58. The molecular formula is C19H21F3N2O3. The Hall–Kier alpha value is -2.48. The number of rotatable bonds is 5. The van der Waals surface area contributed by atoms with E-state index in [1.165, 1.54) is 6.07 Å². The van der Waals surface area contributed by atoms with Crippen molar-refractivity contribution in [1.29, 1.82) is 0 Å². The summed E-state index contributed by atoms with van der Waals surface area (Å²) in [6, 6.07) is 9.28. The predicted octanol–water partition coefficient (Wildman–Crippen LogP) is 3.49. The number of benzene rings is 1. The van der Waals surface area contributed by atoms with Crippen LogP contribution in [0.5, 0.6) is 5.75 Å². The van der Waals surface area contributed by atoms with Gasteiger partial charge in [0.05, 0.1) is 19.1 Å². The van der Waals surface area contributed by atoms with Crippen molar-refractivity contribution in [2.45, 2.75) is 25.1 Å². The summed E-state index contributed by atoms with van der Waals surface area (Å²) in [4.78, 5) is 12.7. The lowest BCUT2D eigenvalue weighted by Gasteiger charge is -2.21. The molecule has 0 saturated carbocycles. The van der Waals surface area contributed by atoms with Gasteiger partial charge >= 0.3 is 6.18 Å². The Bertz CT molecular complexity index is 803. The zero-order chi connectivity index (χ0) is 19.6. The predicted molar refractivity (Wildman–Crippen MR) is 92.4 cm³/mol. The third-order valence-electron chi connectivity index (χ3n) is 4.78. The van der Waals surface area contributed by atoms with Crippen LogP contribution in [0.4, 0.5) is 13.2 Å². The lowest BCUT2D eigenvalue weighted by Crippen LogP contribution is -2.35. The van der Waals surface area contributed by atoms with Gasteiger partial charge in [-0.2, -0.15) is 13.2 Å². The highest BCUT2D eigenvalue weighted by Gasteiger charge is 2.39. The first-order chi connectivity index (χ1) is 12.8. The average Bonchev–Trinajstić information content (AvgIpc) is 3.30. The molecule has 3 atom stereocenters. The smallest absolute Gasteiger partial charge is 0.449 e. The average molecular weight is 382 g/mol. The molecule has 0 spiro atoms. The van der Waals surface area contributed by atoms with Crippen molar-refractivity contribution >= 4 is 5.91 Å². The van der Waals surface area contributed by atoms with Crippen molar-refractivity contribution in [1.82, 2.24) is 10.6 Å². The van der Waals surface area contributed by atoms with Crippen molar-refractivity contribution in [3.8, 4) is 5.75 Å². The number of hydrogen-bond acceptors (Lipinski definition) is 4. The molecule has 3 rings (SSSR count). The zero-order valence-electron chi connectivity index (χ0n) is 15.0. The Morgan fingerprint density at radius 3 is 2.74 bits per heavy atom. The number of amides is 1. The van der Waals surface area contributed by atoms with Gasteiger partial charge in [0.1, 0.15) is 11.5 Å². The molecule has 1 fully saturated rings. The Balaban J connectivity index is 1.70. The Kier molecular flexibility index (Phi) is 5.46. The fourth-order valence-electron chi connectivity index (χ4n) is 3.27. The minimum Gasteiger partial charge on any atom is -0.497 e. The molecule has 0 aliphatic carbocycles. The Morgan fingerprint density at radius 1 is 1.30 bits per heavy atom. The van der Waals surface area contributed by atoms with Gasteiger partial charge in [-0.05, 0) is 36.8 Å². The van der Waals surface area contributed by atoms with E-state index in [2.05, 4.69) is 10.6 Å². The van der Waals surface area contributed by atoms with Gasteiger partial charge in [0, 0.05) is 19.0 Å². The van der Waals surface area contributed by atoms with Gasteiger partial charge in [-0.25, -0.2) is 0 Å². The van der Waals surface area contributed by atoms with Crippen molar-refractivity contribution in [3.63, 3.8) is 0 Å². The van der Waals surface area contributed by atoms with Crippen molar-refractivity contribution in [2.24, 2.45) is 5.92 Å². The van der Waals surface area contributed by atoms with Crippen LogP contribution in [0.3, 0.4) is 0 Å². The van der Waals surface area contributed by atoms with Crippen LogP contribution in [0.1, 0.15) is 36.0 Å². The van der Waals surface area contributed by atoms with Crippen LogP contribution < -0.4 is 15.4 Å². The number of alkyl halides is 3. The summed E-state index contributed by atoms with van der Waals surface area (Å²) in [6.07, 6.45) is -4.54. The van der Waals surface area contributed by atoms with Gasteiger partial charge in [0.2, 0.25) is 11.7 Å². The number of hydrogen-bond donors (Lipinski definition) is 2. The largest absolute Gasteiger partial charge is 0.497 e. The minimum atomic E-state index is -4.54. The van der Waals surface area contributed by atoms with E-state index in [1.807, 2.05) is 31.2 Å². The molecule has 8 heteroatoms. The number of carbonyl (C=O) groups excluding carboxylic acids is 1. The summed E-state index contributed by atoms with van der Waals surface area (Å²) in [5.74, 6) is -1.38. The Labute approximate surface area is 154 Å². The number of carbonyl (C=O) groups is 1. The highest BCUT2D eigenvalue weighted by Crippen LogP contribution is 2.36. The SMILES string of the molecule is COc1cccc([C@H](C)NC(=O)[C@@H]2CNC[C@H]2c2ccc(C(F)(F)F)o2)c1. The maximum absolute atomic E-state index is 12.8. The molecule has 146 valence electrons. The minimum absolute atomic E-state index is 0.168. The third-order valence-corrected chi connectivity index (χ3v) is 4.78. The molecule has 27 heavy (non-hydrogen) atoms. The molecule has 1 aliphatic rings. The van der Waals surface area contributed by atoms with E-state index in [4.69, 9.17) is 9.15 Å². The van der Waals surface area contributed by atoms with Crippen LogP contribution in [0.2, 0.25) is 0 Å². The molecular weight excluding hydrogens is 361 g/mol. The van der Waals surface area contributed by atoms with E-state index in [9.17, 15) is 18.0 Å². The zero-order valence-corrected chi connectivity index (χ0v) is 15.0. The highest BCUT2D eigenvalue weighted by molar-refractivity contribution is 5.80. The molecule has 0 radical (unpaired) electrons. The maximum atomic E-state index is 12.8. The Morgan fingerprint density at radius 2 is 2.07 bits per heavy atom. The fraction of sp³-hybridized carbons (Fsp3) is 0.421. The van der Waals surface area contributed by atoms with E-state index < -0.39 is 23.8 Å². The summed E-state index contributed by atoms with van der Waals surface area (Å²) < 4.78 is 48.5. The topological polar surface area (TPSA) is 63.5 Å². The molecule has 1 aromatic heterocycles. The van der Waals surface area contributed by atoms with E-state index >= 15 is 0 Å². The maximum Gasteiger partial charge on any atom is 0.449 e. The number of nitrogens with one attached hydrogen (secondary N) is 2. The fourth-order valence-corrected chi connectivity index (χ4v) is 3.27. The summed E-state index contributed by atoms with van der Waals surface area (Å²) in [5.41, 5.74) is 0.877. The van der Waals surface area contributed by atoms with Crippen molar-refractivity contribution in [3.05, 3.63) is 53.5 Å². The summed E-state index contributed by atoms with van der Waals surface area (Å²) in [7, 11) is 1.57. The first kappa shape index (κ1) is 19.3. The molecule has 5 nitrogen and oxygen atoms in total. The van der Waals surface area contributed by atoms with Gasteiger partial charge in [0.25, 0.3) is 0 Å². The molecule has 1 saturated heterocycles. The van der Waals surface area contributed by atoms with Crippen LogP contribution in [-0.4, -0.2) is 26.1 Å². The van der Waals surface area contributed by atoms with Gasteiger partial charge in [0.15, 0.2) is 0 Å². The summed E-state index contributed by atoms with van der Waals surface area (Å²) >= 11 is 0. The highest BCUT2D eigenvalue weighted by atomic mass is 19.4. The molecule has 1 amide bonds. The second-order valence-corrected chi connectivity index (χ2v) is 6.58. The van der Waals surface area contributed by atoms with Crippen LogP contribution >= 0.6 is 0 Å². The summed E-state index contributed by atoms with van der Waals surface area (Å²) in [6.45, 7) is 2.61. The van der Waals surface area contributed by atoms with Crippen LogP contribution in [0.15, 0.2) is 40.8 Å². The van der Waals surface area contributed by atoms with Gasteiger partial charge in [-0.3, -0.25) is 4.79 Å². The number of methoxy groups -OCH3 is 1. The van der Waals surface area contributed by atoms with E-state index in [-0.39, 0.29) is 17.7 Å². The molecule has 1 aromatic carbocycles. The standard InChI is InChI=1S/C19H21F3N2O3/c1-11(12-4-3-5-13(8-12)26-2)24-18(25)15-10-23-9-14(15)16-6-7-17(27-16)19(20,21)22/h3-8,11,14-15,23H,9-10H2,1-2H3,(H,24,25)/t11-,14+,15+/m0/s1. The first-order valence-corrected chi connectivity index (χ1v) is 8.61. The first-order valence-electron chi connectivity index (χ1n) is 8.61. The lowest BCUT2D eigenvalue weighted by atomic mass is 9.92. The number of halogens is 3. The number of furan rings is 1. The van der Waals surface area contributed by atoms with Gasteiger partial charge in [-0.1, -0.05) is 12.1 Å². The quantitative estimate of drug-likeness (QED) is 0.831. The normalized spacial score (nSPS) is 21.1. The van der Waals surface area contributed by atoms with E-state index in [1.54, 1.807) is 7.11 Å². The second kappa shape index (κ2) is 7.64. The van der Waals surface area contributed by atoms with Crippen molar-refractivity contribution in [2.75, 3.05) is 20.2 Å². The lowest BCUT2D eigenvalue weighted by molar-refractivity contribution is -0.153. The molecule has 2 N–H and O–H groups in total. The number of ether oxygens (including phenoxy) is 1. The van der Waals surface area contributed by atoms with Crippen molar-refractivity contribution < 1.29 is 27.1 Å². The summed E-state index contributed by atoms with van der Waals surface area (Å²) in [5, 5.41) is 5.99. The molecule has 0 bridgehead atoms. The molecule has 2 heterocycles. The molecule has 2 aromatic rings. The van der Waals surface area contributed by atoms with Crippen LogP contribution in [-0.2, 0) is 11.0 Å². The van der Waals surface area contributed by atoms with Crippen LogP contribution in [0.25, 0.3) is 0 Å². The van der Waals surface area contributed by atoms with Crippen LogP contribution in [0, 0.1) is 5.92 Å². The van der Waals surface area contributed by atoms with Gasteiger partial charge in [-0.15, -0.1) is 0 Å². The third kappa shape index (κ3) is 4.27. The monoisotopic (exact) mass is 382 g/mol.